The third kappa shape index (κ3) is 4.30. The SMILES string of the molecule is C[C@@]1(N2CCC(c3cc4cc(NC(=O)C5(Cn6ccnc6)CC5)ncc4cc3Cl)CC2)COC[C@@H]1O. The van der Waals surface area contributed by atoms with Gasteiger partial charge in [0.15, 0.2) is 0 Å². The maximum absolute atomic E-state index is 13.1. The van der Waals surface area contributed by atoms with Gasteiger partial charge in [-0.2, -0.15) is 0 Å². The highest BCUT2D eigenvalue weighted by molar-refractivity contribution is 6.32. The number of likely N-dealkylation sites (tertiary alicyclic amines) is 1. The lowest BCUT2D eigenvalue weighted by molar-refractivity contribution is -0.121. The zero-order valence-electron chi connectivity index (χ0n) is 20.5. The monoisotopic (exact) mass is 509 g/mol. The van der Waals surface area contributed by atoms with E-state index in [1.54, 1.807) is 18.7 Å². The van der Waals surface area contributed by atoms with Gasteiger partial charge in [-0.3, -0.25) is 9.69 Å². The Bertz CT molecular complexity index is 1270. The zero-order chi connectivity index (χ0) is 24.9. The van der Waals surface area contributed by atoms with Crippen LogP contribution in [0, 0.1) is 5.41 Å². The predicted octanol–water partition coefficient (Wildman–Crippen LogP) is 3.83. The van der Waals surface area contributed by atoms with Crippen molar-refractivity contribution in [3.05, 3.63) is 53.7 Å². The Labute approximate surface area is 215 Å². The molecular formula is C27H32ClN5O3. The van der Waals surface area contributed by atoms with Crippen LogP contribution in [-0.4, -0.2) is 68.4 Å². The second-order valence-electron chi connectivity index (χ2n) is 10.9. The summed E-state index contributed by atoms with van der Waals surface area (Å²) >= 11 is 6.73. The van der Waals surface area contributed by atoms with E-state index in [2.05, 4.69) is 33.2 Å². The number of aliphatic hydroxyl groups is 1. The number of piperidine rings is 1. The van der Waals surface area contributed by atoms with Crippen LogP contribution in [-0.2, 0) is 16.1 Å². The third-order valence-corrected chi connectivity index (χ3v) is 8.83. The first-order chi connectivity index (χ1) is 17.4. The number of amides is 1. The van der Waals surface area contributed by atoms with Gasteiger partial charge in [0.25, 0.3) is 0 Å². The van der Waals surface area contributed by atoms with Crippen LogP contribution in [0.1, 0.15) is 44.1 Å². The van der Waals surface area contributed by atoms with Gasteiger partial charge >= 0.3 is 0 Å². The number of benzene rings is 1. The topological polar surface area (TPSA) is 92.5 Å². The Morgan fingerprint density at radius 3 is 2.72 bits per heavy atom. The fraction of sp³-hybridized carbons (Fsp3) is 0.519. The molecule has 2 saturated heterocycles. The fourth-order valence-electron chi connectivity index (χ4n) is 5.81. The number of halogens is 1. The largest absolute Gasteiger partial charge is 0.389 e. The Balaban J connectivity index is 1.17. The second kappa shape index (κ2) is 9.10. The van der Waals surface area contributed by atoms with E-state index < -0.39 is 6.10 Å². The van der Waals surface area contributed by atoms with Crippen molar-refractivity contribution < 1.29 is 14.6 Å². The highest BCUT2D eigenvalue weighted by atomic mass is 35.5. The number of fused-ring (bicyclic) bond motifs is 1. The molecule has 3 aliphatic rings. The predicted molar refractivity (Wildman–Crippen MR) is 138 cm³/mol. The number of nitrogens with zero attached hydrogens (tertiary/aromatic N) is 4. The molecule has 2 atom stereocenters. The van der Waals surface area contributed by atoms with Gasteiger partial charge in [0.2, 0.25) is 5.91 Å². The summed E-state index contributed by atoms with van der Waals surface area (Å²) < 4.78 is 7.50. The zero-order valence-corrected chi connectivity index (χ0v) is 21.2. The molecule has 1 saturated carbocycles. The second-order valence-corrected chi connectivity index (χ2v) is 11.3. The van der Waals surface area contributed by atoms with E-state index in [0.29, 0.717) is 31.5 Å². The quantitative estimate of drug-likeness (QED) is 0.524. The molecule has 2 N–H and O–H groups in total. The smallest absolute Gasteiger partial charge is 0.233 e. The van der Waals surface area contributed by atoms with Crippen molar-refractivity contribution in [1.29, 1.82) is 0 Å². The van der Waals surface area contributed by atoms with E-state index in [-0.39, 0.29) is 16.9 Å². The van der Waals surface area contributed by atoms with Crippen molar-refractivity contribution in [3.63, 3.8) is 0 Å². The molecule has 0 unspecified atom stereocenters. The third-order valence-electron chi connectivity index (χ3n) is 8.50. The van der Waals surface area contributed by atoms with Gasteiger partial charge in [0, 0.05) is 35.5 Å². The van der Waals surface area contributed by atoms with Crippen molar-refractivity contribution in [2.24, 2.45) is 5.41 Å². The van der Waals surface area contributed by atoms with Crippen LogP contribution in [0.3, 0.4) is 0 Å². The molecule has 1 amide bonds. The van der Waals surface area contributed by atoms with Crippen LogP contribution in [0.25, 0.3) is 10.8 Å². The normalized spacial score (nSPS) is 26.4. The highest BCUT2D eigenvalue weighted by Gasteiger charge is 2.50. The summed E-state index contributed by atoms with van der Waals surface area (Å²) in [5, 5.41) is 16.2. The van der Waals surface area contributed by atoms with Gasteiger partial charge in [0.1, 0.15) is 5.82 Å². The number of hydrogen-bond acceptors (Lipinski definition) is 6. The lowest BCUT2D eigenvalue weighted by Crippen LogP contribution is -2.56. The number of aliphatic hydroxyl groups excluding tert-OH is 1. The average molecular weight is 510 g/mol. The maximum Gasteiger partial charge on any atom is 0.233 e. The molecular weight excluding hydrogens is 478 g/mol. The number of pyridine rings is 1. The van der Waals surface area contributed by atoms with E-state index >= 15 is 0 Å². The van der Waals surface area contributed by atoms with E-state index in [9.17, 15) is 9.90 Å². The van der Waals surface area contributed by atoms with Gasteiger partial charge < -0.3 is 19.7 Å². The molecule has 1 aliphatic carbocycles. The highest BCUT2D eigenvalue weighted by Crippen LogP contribution is 2.48. The molecule has 4 heterocycles. The molecule has 8 nitrogen and oxygen atoms in total. The minimum absolute atomic E-state index is 0.0104. The summed E-state index contributed by atoms with van der Waals surface area (Å²) in [6, 6.07) is 6.08. The summed E-state index contributed by atoms with van der Waals surface area (Å²) in [6.07, 6.45) is 10.4. The van der Waals surface area contributed by atoms with Gasteiger partial charge in [0.05, 0.1) is 36.6 Å². The summed E-state index contributed by atoms with van der Waals surface area (Å²) in [5.74, 6) is 0.921. The van der Waals surface area contributed by atoms with Gasteiger partial charge in [-0.15, -0.1) is 0 Å². The van der Waals surface area contributed by atoms with E-state index in [4.69, 9.17) is 16.3 Å². The molecule has 1 aromatic carbocycles. The van der Waals surface area contributed by atoms with E-state index in [0.717, 1.165) is 60.1 Å². The van der Waals surface area contributed by atoms with Gasteiger partial charge in [-0.25, -0.2) is 9.97 Å². The average Bonchev–Trinajstić information content (AvgIpc) is 3.32. The van der Waals surface area contributed by atoms with Crippen molar-refractivity contribution in [3.8, 4) is 0 Å². The number of rotatable bonds is 6. The molecule has 190 valence electrons. The lowest BCUT2D eigenvalue weighted by atomic mass is 9.85. The number of hydrogen-bond donors (Lipinski definition) is 2. The Kier molecular flexibility index (Phi) is 6.03. The molecule has 0 radical (unpaired) electrons. The molecule has 2 aromatic heterocycles. The number of carbonyl (C=O) groups is 1. The van der Waals surface area contributed by atoms with Crippen LogP contribution in [0.4, 0.5) is 5.82 Å². The molecule has 3 fully saturated rings. The number of nitrogens with one attached hydrogen (secondary N) is 1. The maximum atomic E-state index is 13.1. The Morgan fingerprint density at radius 2 is 2.06 bits per heavy atom. The van der Waals surface area contributed by atoms with Crippen LogP contribution in [0.2, 0.25) is 5.02 Å². The Hall–Kier alpha value is -2.52. The van der Waals surface area contributed by atoms with Gasteiger partial charge in [-0.1, -0.05) is 11.6 Å². The summed E-state index contributed by atoms with van der Waals surface area (Å²) in [5.41, 5.74) is 0.443. The first kappa shape index (κ1) is 23.9. The van der Waals surface area contributed by atoms with Crippen LogP contribution < -0.4 is 5.32 Å². The van der Waals surface area contributed by atoms with Crippen molar-refractivity contribution in [2.45, 2.75) is 56.7 Å². The van der Waals surface area contributed by atoms with E-state index in [1.807, 2.05) is 22.9 Å². The minimum Gasteiger partial charge on any atom is -0.389 e. The molecule has 2 aliphatic heterocycles. The molecule has 6 rings (SSSR count). The number of ether oxygens (including phenoxy) is 1. The van der Waals surface area contributed by atoms with Crippen LogP contribution in [0.15, 0.2) is 43.1 Å². The first-order valence-electron chi connectivity index (χ1n) is 12.7. The number of imidazole rings is 1. The molecule has 36 heavy (non-hydrogen) atoms. The number of carbonyl (C=O) groups excluding carboxylic acids is 1. The minimum atomic E-state index is -0.450. The molecule has 3 aromatic rings. The fourth-order valence-corrected chi connectivity index (χ4v) is 6.13. The Morgan fingerprint density at radius 1 is 1.25 bits per heavy atom. The summed E-state index contributed by atoms with van der Waals surface area (Å²) in [7, 11) is 0. The molecule has 0 spiro atoms. The number of anilines is 1. The molecule has 9 heteroatoms. The van der Waals surface area contributed by atoms with Crippen molar-refractivity contribution in [2.75, 3.05) is 31.6 Å². The van der Waals surface area contributed by atoms with Crippen molar-refractivity contribution in [1.82, 2.24) is 19.4 Å². The summed E-state index contributed by atoms with van der Waals surface area (Å²) in [4.78, 5) is 24.0. The lowest BCUT2D eigenvalue weighted by Gasteiger charge is -2.43. The van der Waals surface area contributed by atoms with E-state index in [1.165, 1.54) is 0 Å². The van der Waals surface area contributed by atoms with Crippen LogP contribution in [0.5, 0.6) is 0 Å². The van der Waals surface area contributed by atoms with Gasteiger partial charge in [-0.05, 0) is 80.8 Å². The molecule has 0 bridgehead atoms. The first-order valence-corrected chi connectivity index (χ1v) is 13.1. The standard InChI is InChI=1S/C27H32ClN5O3/c1-26(16-36-14-23(26)34)33-7-2-18(3-8-33)21-10-19-12-24(30-13-20(19)11-22(21)28)31-25(35)27(4-5-27)15-32-9-6-29-17-32/h6,9-13,17-18,23,34H,2-5,7-8,14-16H2,1H3,(H,30,31,35)/t23-,26+/m0/s1. The van der Waals surface area contributed by atoms with Crippen molar-refractivity contribution >= 4 is 34.1 Å². The summed E-state index contributed by atoms with van der Waals surface area (Å²) in [6.45, 7) is 5.50. The number of aromatic nitrogens is 3. The van der Waals surface area contributed by atoms with Crippen LogP contribution >= 0.6 is 11.6 Å².